The maximum Gasteiger partial charge on any atom is 0.238 e. The van der Waals surface area contributed by atoms with Gasteiger partial charge >= 0.3 is 0 Å². The summed E-state index contributed by atoms with van der Waals surface area (Å²) in [4.78, 5) is 9.27. The van der Waals surface area contributed by atoms with E-state index in [0.29, 0.717) is 5.89 Å². The molecule has 2 aromatic rings. The number of aromatic nitrogens is 2. The van der Waals surface area contributed by atoms with E-state index in [1.807, 2.05) is 0 Å². The van der Waals surface area contributed by atoms with Crippen molar-refractivity contribution < 1.29 is 4.42 Å². The molecule has 0 spiro atoms. The molecule has 74 valence electrons. The quantitative estimate of drug-likeness (QED) is 0.835. The van der Waals surface area contributed by atoms with Gasteiger partial charge < -0.3 is 9.73 Å². The second kappa shape index (κ2) is 4.34. The first kappa shape index (κ1) is 9.36. The number of hydrogen-bond acceptors (Lipinski definition) is 5. The van der Waals surface area contributed by atoms with Gasteiger partial charge in [-0.15, -0.1) is 11.3 Å². The van der Waals surface area contributed by atoms with Crippen LogP contribution < -0.4 is 5.32 Å². The summed E-state index contributed by atoms with van der Waals surface area (Å²) in [5, 5.41) is 3.19. The molecule has 0 fully saturated rings. The minimum atomic E-state index is 0.653. The van der Waals surface area contributed by atoms with Crippen LogP contribution in [0.3, 0.4) is 0 Å². The lowest BCUT2D eigenvalue weighted by atomic mass is 10.4. The zero-order chi connectivity index (χ0) is 9.80. The molecular formula is C9H11N3OS. The highest BCUT2D eigenvalue weighted by molar-refractivity contribution is 7.13. The van der Waals surface area contributed by atoms with E-state index < -0.39 is 0 Å². The molecule has 1 N–H and O–H groups in total. The number of hydrogen-bond donors (Lipinski definition) is 1. The summed E-state index contributed by atoms with van der Waals surface area (Å²) in [7, 11) is 0. The fourth-order valence-electron chi connectivity index (χ4n) is 1.08. The predicted octanol–water partition coefficient (Wildman–Crippen LogP) is 1.91. The normalized spacial score (nSPS) is 10.6. The third-order valence-corrected chi connectivity index (χ3v) is 2.51. The van der Waals surface area contributed by atoms with Gasteiger partial charge in [-0.25, -0.2) is 4.98 Å². The summed E-state index contributed by atoms with van der Waals surface area (Å²) in [5.41, 5.74) is 2.69. The smallest absolute Gasteiger partial charge is 0.238 e. The van der Waals surface area contributed by atoms with Gasteiger partial charge in [-0.3, -0.25) is 4.98 Å². The van der Waals surface area contributed by atoms with E-state index in [-0.39, 0.29) is 0 Å². The topological polar surface area (TPSA) is 51.0 Å². The first-order valence-corrected chi connectivity index (χ1v) is 5.32. The predicted molar refractivity (Wildman–Crippen MR) is 55.0 cm³/mol. The summed E-state index contributed by atoms with van der Waals surface area (Å²) in [6, 6.07) is 0. The largest absolute Gasteiger partial charge is 0.443 e. The molecule has 0 atom stereocenters. The van der Waals surface area contributed by atoms with Crippen molar-refractivity contribution in [3.63, 3.8) is 0 Å². The van der Waals surface area contributed by atoms with Crippen LogP contribution in [0.25, 0.3) is 10.8 Å². The summed E-state index contributed by atoms with van der Waals surface area (Å²) in [5.74, 6) is 0.653. The first-order chi connectivity index (χ1) is 6.90. The minimum Gasteiger partial charge on any atom is -0.443 e. The fourth-order valence-corrected chi connectivity index (χ4v) is 1.63. The molecule has 14 heavy (non-hydrogen) atoms. The van der Waals surface area contributed by atoms with Crippen LogP contribution >= 0.6 is 11.3 Å². The van der Waals surface area contributed by atoms with Crippen LogP contribution in [0.2, 0.25) is 0 Å². The van der Waals surface area contributed by atoms with Gasteiger partial charge in [0.15, 0.2) is 0 Å². The van der Waals surface area contributed by atoms with E-state index in [9.17, 15) is 0 Å². The average Bonchev–Trinajstić information content (AvgIpc) is 2.85. The molecule has 2 heterocycles. The van der Waals surface area contributed by atoms with Gasteiger partial charge in [-0.2, -0.15) is 0 Å². The summed E-state index contributed by atoms with van der Waals surface area (Å²) >= 11 is 1.53. The molecule has 0 saturated carbocycles. The Kier molecular flexibility index (Phi) is 2.90. The van der Waals surface area contributed by atoms with Gasteiger partial charge in [0.05, 0.1) is 17.4 Å². The molecule has 0 aliphatic carbocycles. The highest BCUT2D eigenvalue weighted by atomic mass is 32.1. The molecule has 0 unspecified atom stereocenters. The van der Waals surface area contributed by atoms with E-state index >= 15 is 0 Å². The molecule has 4 nitrogen and oxygen atoms in total. The Hall–Kier alpha value is -1.20. The van der Waals surface area contributed by atoms with Crippen molar-refractivity contribution in [2.75, 3.05) is 6.54 Å². The lowest BCUT2D eigenvalue weighted by Gasteiger charge is -1.93. The van der Waals surface area contributed by atoms with Crippen LogP contribution in [0.5, 0.6) is 0 Å². The molecule has 5 heteroatoms. The van der Waals surface area contributed by atoms with Crippen molar-refractivity contribution in [2.24, 2.45) is 0 Å². The number of nitrogens with zero attached hydrogens (tertiary/aromatic N) is 2. The fraction of sp³-hybridized carbons (Fsp3) is 0.333. The molecule has 0 aliphatic heterocycles. The highest BCUT2D eigenvalue weighted by Crippen LogP contribution is 2.21. The Bertz CT molecular complexity index is 382. The zero-order valence-corrected chi connectivity index (χ0v) is 8.67. The Morgan fingerprint density at radius 3 is 3.21 bits per heavy atom. The van der Waals surface area contributed by atoms with Gasteiger partial charge in [-0.05, 0) is 6.54 Å². The van der Waals surface area contributed by atoms with E-state index in [0.717, 1.165) is 23.7 Å². The standard InChI is InChI=1S/C9H11N3OS/c1-2-10-3-7-5-13-9(12-7)8-4-11-6-14-8/h4-6,10H,2-3H2,1H3. The summed E-state index contributed by atoms with van der Waals surface area (Å²) in [6.07, 6.45) is 3.44. The summed E-state index contributed by atoms with van der Waals surface area (Å²) in [6.45, 7) is 3.74. The number of oxazole rings is 1. The van der Waals surface area contributed by atoms with Crippen molar-refractivity contribution in [1.29, 1.82) is 0 Å². The number of nitrogens with one attached hydrogen (secondary N) is 1. The zero-order valence-electron chi connectivity index (χ0n) is 7.86. The Labute approximate surface area is 86.0 Å². The van der Waals surface area contributed by atoms with Gasteiger partial charge in [0.1, 0.15) is 11.1 Å². The molecule has 2 rings (SSSR count). The van der Waals surface area contributed by atoms with E-state index in [1.165, 1.54) is 11.3 Å². The van der Waals surface area contributed by atoms with Gasteiger partial charge in [0, 0.05) is 6.54 Å². The second-order valence-electron chi connectivity index (χ2n) is 2.79. The van der Waals surface area contributed by atoms with Crippen molar-refractivity contribution in [1.82, 2.24) is 15.3 Å². The van der Waals surface area contributed by atoms with Gasteiger partial charge in [0.2, 0.25) is 5.89 Å². The maximum atomic E-state index is 5.33. The first-order valence-electron chi connectivity index (χ1n) is 4.44. The molecular weight excluding hydrogens is 198 g/mol. The lowest BCUT2D eigenvalue weighted by Crippen LogP contribution is -2.11. The van der Waals surface area contributed by atoms with Crippen LogP contribution in [0.1, 0.15) is 12.6 Å². The molecule has 0 saturated heterocycles. The van der Waals surface area contributed by atoms with E-state index in [1.54, 1.807) is 18.0 Å². The monoisotopic (exact) mass is 209 g/mol. The Balaban J connectivity index is 2.10. The lowest BCUT2D eigenvalue weighted by molar-refractivity contribution is 0.572. The van der Waals surface area contributed by atoms with Gasteiger partial charge in [-0.1, -0.05) is 6.92 Å². The average molecular weight is 209 g/mol. The van der Waals surface area contributed by atoms with Crippen molar-refractivity contribution in [2.45, 2.75) is 13.5 Å². The van der Waals surface area contributed by atoms with E-state index in [2.05, 4.69) is 22.2 Å². The second-order valence-corrected chi connectivity index (χ2v) is 3.68. The van der Waals surface area contributed by atoms with Crippen molar-refractivity contribution >= 4 is 11.3 Å². The molecule has 0 radical (unpaired) electrons. The Morgan fingerprint density at radius 1 is 1.57 bits per heavy atom. The van der Waals surface area contributed by atoms with E-state index in [4.69, 9.17) is 4.42 Å². The summed E-state index contributed by atoms with van der Waals surface area (Å²) < 4.78 is 5.33. The van der Waals surface area contributed by atoms with Crippen molar-refractivity contribution in [3.8, 4) is 10.8 Å². The van der Waals surface area contributed by atoms with Crippen LogP contribution in [0.15, 0.2) is 22.4 Å². The number of thiazole rings is 1. The maximum absolute atomic E-state index is 5.33. The van der Waals surface area contributed by atoms with Crippen molar-refractivity contribution in [3.05, 3.63) is 23.7 Å². The van der Waals surface area contributed by atoms with Crippen LogP contribution in [0, 0.1) is 0 Å². The number of rotatable bonds is 4. The van der Waals surface area contributed by atoms with Crippen LogP contribution in [-0.4, -0.2) is 16.5 Å². The minimum absolute atomic E-state index is 0.653. The molecule has 0 bridgehead atoms. The van der Waals surface area contributed by atoms with Gasteiger partial charge in [0.25, 0.3) is 0 Å². The third-order valence-electron chi connectivity index (χ3n) is 1.75. The third kappa shape index (κ3) is 2.00. The SMILES string of the molecule is CCNCc1coc(-c2cncs2)n1. The highest BCUT2D eigenvalue weighted by Gasteiger charge is 2.06. The van der Waals surface area contributed by atoms with Crippen LogP contribution in [-0.2, 0) is 6.54 Å². The molecule has 0 aliphatic rings. The Morgan fingerprint density at radius 2 is 2.50 bits per heavy atom. The molecule has 0 aromatic carbocycles. The molecule has 0 amide bonds. The molecule has 2 aromatic heterocycles. The van der Waals surface area contributed by atoms with Crippen LogP contribution in [0.4, 0.5) is 0 Å².